The predicted octanol–water partition coefficient (Wildman–Crippen LogP) is 0.882. The second-order valence-corrected chi connectivity index (χ2v) is 3.01. The highest BCUT2D eigenvalue weighted by Crippen LogP contribution is 2.23. The van der Waals surface area contributed by atoms with Gasteiger partial charge in [-0.3, -0.25) is 0 Å². The van der Waals surface area contributed by atoms with Crippen molar-refractivity contribution < 1.29 is 14.2 Å². The summed E-state index contributed by atoms with van der Waals surface area (Å²) >= 11 is 0. The second kappa shape index (κ2) is 3.22. The predicted molar refractivity (Wildman–Crippen MR) is 45.4 cm³/mol. The van der Waals surface area contributed by atoms with Crippen LogP contribution in [0.4, 0.5) is 4.39 Å². The first kappa shape index (κ1) is 8.31. The lowest BCUT2D eigenvalue weighted by molar-refractivity contribution is 0.136. The molecule has 1 aromatic carbocycles. The Labute approximate surface area is 75.1 Å². The van der Waals surface area contributed by atoms with Crippen molar-refractivity contribution >= 4 is 0 Å². The fourth-order valence-electron chi connectivity index (χ4n) is 1.11. The number of hydrogen-bond donors (Lipinski definition) is 2. The summed E-state index contributed by atoms with van der Waals surface area (Å²) < 4.78 is 18.3. The lowest BCUT2D eigenvalue weighted by atomic mass is 10.2. The van der Waals surface area contributed by atoms with Crippen LogP contribution in [0.25, 0.3) is 0 Å². The third kappa shape index (κ3) is 1.72. The molecule has 0 amide bonds. The van der Waals surface area contributed by atoms with E-state index in [0.717, 1.165) is 13.1 Å². The summed E-state index contributed by atoms with van der Waals surface area (Å²) in [6, 6.07) is 3.77. The molecule has 2 N–H and O–H groups in total. The molecule has 0 aliphatic carbocycles. The second-order valence-electron chi connectivity index (χ2n) is 3.01. The fraction of sp³-hybridized carbons (Fsp3) is 0.333. The minimum absolute atomic E-state index is 0.0173. The van der Waals surface area contributed by atoms with Crippen molar-refractivity contribution in [3.05, 3.63) is 24.0 Å². The molecule has 2 rings (SSSR count). The Morgan fingerprint density at radius 3 is 2.85 bits per heavy atom. The van der Waals surface area contributed by atoms with Gasteiger partial charge in [-0.2, -0.15) is 0 Å². The lowest BCUT2D eigenvalue weighted by Crippen LogP contribution is -2.50. The monoisotopic (exact) mass is 183 g/mol. The van der Waals surface area contributed by atoms with Gasteiger partial charge in [0.2, 0.25) is 0 Å². The average Bonchev–Trinajstić information content (AvgIpc) is 2.03. The van der Waals surface area contributed by atoms with Crippen LogP contribution < -0.4 is 10.1 Å². The molecule has 1 saturated heterocycles. The molecule has 1 fully saturated rings. The van der Waals surface area contributed by atoms with Gasteiger partial charge in [-0.15, -0.1) is 0 Å². The average molecular weight is 183 g/mol. The maximum atomic E-state index is 13.0. The van der Waals surface area contributed by atoms with Crippen LogP contribution in [0.3, 0.4) is 0 Å². The molecule has 0 saturated carbocycles. The summed E-state index contributed by atoms with van der Waals surface area (Å²) in [7, 11) is 0. The van der Waals surface area contributed by atoms with Gasteiger partial charge in [-0.05, 0) is 12.1 Å². The van der Waals surface area contributed by atoms with E-state index < -0.39 is 5.82 Å². The summed E-state index contributed by atoms with van der Waals surface area (Å²) in [5, 5.41) is 12.1. The number of phenolic OH excluding ortho intramolecular Hbond substituents is 1. The number of ether oxygens (including phenoxy) is 1. The highest BCUT2D eigenvalue weighted by Gasteiger charge is 2.19. The molecule has 1 aromatic rings. The van der Waals surface area contributed by atoms with E-state index in [1.165, 1.54) is 18.2 Å². The van der Waals surface area contributed by atoms with E-state index in [4.69, 9.17) is 9.84 Å². The van der Waals surface area contributed by atoms with Gasteiger partial charge in [0.25, 0.3) is 0 Å². The Bertz CT molecular complexity index is 312. The van der Waals surface area contributed by atoms with Crippen molar-refractivity contribution in [3.63, 3.8) is 0 Å². The molecule has 0 atom stereocenters. The molecule has 1 heterocycles. The highest BCUT2D eigenvalue weighted by atomic mass is 19.1. The number of benzene rings is 1. The Morgan fingerprint density at radius 1 is 1.46 bits per heavy atom. The van der Waals surface area contributed by atoms with Crippen LogP contribution in [0.5, 0.6) is 11.5 Å². The summed E-state index contributed by atoms with van der Waals surface area (Å²) in [4.78, 5) is 0. The number of phenols is 1. The molecule has 0 spiro atoms. The van der Waals surface area contributed by atoms with Gasteiger partial charge in [0.15, 0.2) is 11.6 Å². The smallest absolute Gasteiger partial charge is 0.165 e. The van der Waals surface area contributed by atoms with Crippen molar-refractivity contribution in [1.82, 2.24) is 5.32 Å². The first-order chi connectivity index (χ1) is 6.25. The van der Waals surface area contributed by atoms with Gasteiger partial charge in [0.05, 0.1) is 0 Å². The van der Waals surface area contributed by atoms with E-state index in [1.54, 1.807) is 0 Å². The molecule has 13 heavy (non-hydrogen) atoms. The third-order valence-electron chi connectivity index (χ3n) is 1.95. The summed E-state index contributed by atoms with van der Waals surface area (Å²) in [5.41, 5.74) is 0. The van der Waals surface area contributed by atoms with E-state index in [-0.39, 0.29) is 17.6 Å². The Hall–Kier alpha value is -1.29. The van der Waals surface area contributed by atoms with Crippen molar-refractivity contribution in [1.29, 1.82) is 0 Å². The van der Waals surface area contributed by atoms with Gasteiger partial charge >= 0.3 is 0 Å². The van der Waals surface area contributed by atoms with E-state index in [2.05, 4.69) is 5.32 Å². The molecule has 4 heteroatoms. The molecule has 0 aromatic heterocycles. The first-order valence-corrected chi connectivity index (χ1v) is 4.11. The van der Waals surface area contributed by atoms with Gasteiger partial charge in [0, 0.05) is 19.2 Å². The molecule has 0 bridgehead atoms. The first-order valence-electron chi connectivity index (χ1n) is 4.11. The van der Waals surface area contributed by atoms with Gasteiger partial charge in [-0.25, -0.2) is 4.39 Å². The fourth-order valence-corrected chi connectivity index (χ4v) is 1.11. The molecule has 3 nitrogen and oxygen atoms in total. The third-order valence-corrected chi connectivity index (χ3v) is 1.95. The molecule has 0 unspecified atom stereocenters. The largest absolute Gasteiger partial charge is 0.508 e. The maximum Gasteiger partial charge on any atom is 0.165 e. The van der Waals surface area contributed by atoms with Gasteiger partial charge in [-0.1, -0.05) is 0 Å². The van der Waals surface area contributed by atoms with Crippen LogP contribution >= 0.6 is 0 Å². The van der Waals surface area contributed by atoms with Crippen molar-refractivity contribution in [2.45, 2.75) is 6.10 Å². The lowest BCUT2D eigenvalue weighted by Gasteiger charge is -2.27. The van der Waals surface area contributed by atoms with Crippen LogP contribution in [0.1, 0.15) is 0 Å². The zero-order chi connectivity index (χ0) is 9.26. The van der Waals surface area contributed by atoms with E-state index >= 15 is 0 Å². The minimum Gasteiger partial charge on any atom is -0.508 e. The van der Waals surface area contributed by atoms with E-state index in [9.17, 15) is 4.39 Å². The molecule has 1 aliphatic rings. The number of halogens is 1. The Morgan fingerprint density at radius 2 is 2.23 bits per heavy atom. The molecule has 1 aliphatic heterocycles. The van der Waals surface area contributed by atoms with Crippen LogP contribution in [-0.2, 0) is 0 Å². The van der Waals surface area contributed by atoms with Gasteiger partial charge < -0.3 is 15.2 Å². The van der Waals surface area contributed by atoms with E-state index in [1.807, 2.05) is 0 Å². The SMILES string of the molecule is Oc1ccc(F)c(OC2CNC2)c1. The Kier molecular flexibility index (Phi) is 2.06. The summed E-state index contributed by atoms with van der Waals surface area (Å²) in [6.07, 6.45) is 0.0244. The Balaban J connectivity index is 2.13. The van der Waals surface area contributed by atoms with E-state index in [0.29, 0.717) is 0 Å². The number of nitrogens with one attached hydrogen (secondary N) is 1. The number of aromatic hydroxyl groups is 1. The number of rotatable bonds is 2. The maximum absolute atomic E-state index is 13.0. The van der Waals surface area contributed by atoms with Gasteiger partial charge in [0.1, 0.15) is 11.9 Å². The zero-order valence-electron chi connectivity index (χ0n) is 6.96. The summed E-state index contributed by atoms with van der Waals surface area (Å²) in [5.74, 6) is -0.306. The van der Waals surface area contributed by atoms with Crippen LogP contribution in [0, 0.1) is 5.82 Å². The van der Waals surface area contributed by atoms with Crippen molar-refractivity contribution in [3.8, 4) is 11.5 Å². The summed E-state index contributed by atoms with van der Waals surface area (Å²) in [6.45, 7) is 1.46. The quantitative estimate of drug-likeness (QED) is 0.715. The zero-order valence-corrected chi connectivity index (χ0v) is 6.96. The topological polar surface area (TPSA) is 41.5 Å². The van der Waals surface area contributed by atoms with Crippen molar-refractivity contribution in [2.75, 3.05) is 13.1 Å². The van der Waals surface area contributed by atoms with Crippen molar-refractivity contribution in [2.24, 2.45) is 0 Å². The molecule has 70 valence electrons. The molecular weight excluding hydrogens is 173 g/mol. The highest BCUT2D eigenvalue weighted by molar-refractivity contribution is 5.33. The van der Waals surface area contributed by atoms with Crippen LogP contribution in [0.15, 0.2) is 18.2 Å². The standard InChI is InChI=1S/C9H10FNO2/c10-8-2-1-6(12)3-9(8)13-7-4-11-5-7/h1-3,7,11-12H,4-5H2. The molecular formula is C9H10FNO2. The molecule has 0 radical (unpaired) electrons. The van der Waals surface area contributed by atoms with Crippen LogP contribution in [0.2, 0.25) is 0 Å². The normalized spacial score (nSPS) is 16.7. The van der Waals surface area contributed by atoms with Crippen LogP contribution in [-0.4, -0.2) is 24.3 Å². The minimum atomic E-state index is -0.440. The number of hydrogen-bond acceptors (Lipinski definition) is 3.